The van der Waals surface area contributed by atoms with Gasteiger partial charge in [-0.2, -0.15) is 0 Å². The third kappa shape index (κ3) is 6.66. The van der Waals surface area contributed by atoms with Crippen molar-refractivity contribution < 1.29 is 65.0 Å². The Bertz CT molecular complexity index is 1030. The normalized spacial score (nSPS) is 36.3. The van der Waals surface area contributed by atoms with Crippen molar-refractivity contribution in [3.8, 4) is 0 Å². The van der Waals surface area contributed by atoms with Crippen LogP contribution in [0.3, 0.4) is 0 Å². The number of carbonyl (C=O) groups is 1. The van der Waals surface area contributed by atoms with E-state index in [0.29, 0.717) is 6.42 Å². The van der Waals surface area contributed by atoms with Crippen LogP contribution in [0.1, 0.15) is 5.56 Å². The first-order valence-electron chi connectivity index (χ1n) is 11.8. The molecule has 2 aromatic rings. The Hall–Kier alpha value is -2.25. The van der Waals surface area contributed by atoms with E-state index in [9.17, 15) is 40.5 Å². The number of aliphatic carboxylic acids is 1. The van der Waals surface area contributed by atoms with Crippen molar-refractivity contribution in [1.82, 2.24) is 4.98 Å². The molecule has 2 aliphatic rings. The molecule has 11 atom stereocenters. The number of aromatic amines is 1. The lowest BCUT2D eigenvalue weighted by molar-refractivity contribution is -0.355. The number of hydrogen-bond acceptors (Lipinski definition) is 13. The van der Waals surface area contributed by atoms with Crippen LogP contribution in [0.5, 0.6) is 0 Å². The van der Waals surface area contributed by atoms with Gasteiger partial charge in [0, 0.05) is 23.5 Å². The van der Waals surface area contributed by atoms with E-state index in [1.54, 1.807) is 0 Å². The number of carboxylic acid groups (broad SMARTS) is 1. The van der Waals surface area contributed by atoms with E-state index < -0.39 is 86.6 Å². The summed E-state index contributed by atoms with van der Waals surface area (Å²) < 4.78 is 15.3. The number of hydrogen-bond donors (Lipinski definition) is 11. The molecule has 4 rings (SSSR count). The molecular weight excluding hydrogens is 512 g/mol. The Balaban J connectivity index is 0.000000230. The number of benzene rings is 1. The molecule has 214 valence electrons. The molecule has 1 unspecified atom stereocenters. The molecule has 0 saturated carbocycles. The van der Waals surface area contributed by atoms with Crippen LogP contribution in [0, 0.1) is 0 Å². The van der Waals surface area contributed by atoms with Gasteiger partial charge in [-0.1, -0.05) is 18.2 Å². The fourth-order valence-electron chi connectivity index (χ4n) is 4.19. The molecule has 0 bridgehead atoms. The highest BCUT2D eigenvalue weighted by Crippen LogP contribution is 2.28. The Morgan fingerprint density at radius 1 is 0.921 bits per heavy atom. The maximum absolute atomic E-state index is 10.6. The molecule has 0 radical (unpaired) electrons. The first-order valence-corrected chi connectivity index (χ1v) is 11.8. The molecule has 0 aliphatic carbocycles. The minimum atomic E-state index is -1.74. The maximum atomic E-state index is 10.6. The zero-order valence-electron chi connectivity index (χ0n) is 20.1. The number of para-hydroxylation sites is 1. The Morgan fingerprint density at radius 3 is 2.21 bits per heavy atom. The highest BCUT2D eigenvalue weighted by molar-refractivity contribution is 5.84. The van der Waals surface area contributed by atoms with Crippen LogP contribution >= 0.6 is 0 Å². The van der Waals surface area contributed by atoms with E-state index in [-0.39, 0.29) is 0 Å². The summed E-state index contributed by atoms with van der Waals surface area (Å²) in [6.45, 7) is -1.35. The van der Waals surface area contributed by atoms with E-state index in [0.717, 1.165) is 16.5 Å². The second-order valence-electron chi connectivity index (χ2n) is 9.04. The number of fused-ring (bicyclic) bond motifs is 1. The smallest absolute Gasteiger partial charge is 0.320 e. The fourth-order valence-corrected chi connectivity index (χ4v) is 4.19. The second kappa shape index (κ2) is 13.2. The summed E-state index contributed by atoms with van der Waals surface area (Å²) in [4.78, 5) is 13.7. The third-order valence-corrected chi connectivity index (χ3v) is 6.41. The standard InChI is InChI=1S/C12H22O11.C11H12N2O2/c13-1-3-5(15)6(16)9(19)12(22-3)23-10-4(2-14)21-11(20)8(18)7(10)17;12-9(11(14)15)5-7-6-13-10-4-2-1-3-8(7)10/h3-20H,1-2H2;1-4,6,9,13H,5,12H2,(H,14,15)/t3-,4-,5+,6+,7-,8-,9-,10-,11-,12+;/m1./s1. The summed E-state index contributed by atoms with van der Waals surface area (Å²) in [5, 5.41) is 86.2. The summed E-state index contributed by atoms with van der Waals surface area (Å²) in [5.41, 5.74) is 7.43. The lowest BCUT2D eigenvalue weighted by Gasteiger charge is -2.45. The van der Waals surface area contributed by atoms with Gasteiger partial charge < -0.3 is 70.9 Å². The Morgan fingerprint density at radius 2 is 1.58 bits per heavy atom. The Kier molecular flexibility index (Phi) is 10.5. The lowest BCUT2D eigenvalue weighted by Crippen LogP contribution is -2.64. The highest BCUT2D eigenvalue weighted by atomic mass is 16.7. The minimum absolute atomic E-state index is 0.347. The van der Waals surface area contributed by atoms with Crippen molar-refractivity contribution in [1.29, 1.82) is 0 Å². The van der Waals surface area contributed by atoms with Crippen molar-refractivity contribution in [2.75, 3.05) is 13.2 Å². The van der Waals surface area contributed by atoms with E-state index >= 15 is 0 Å². The van der Waals surface area contributed by atoms with E-state index in [2.05, 4.69) is 4.98 Å². The number of ether oxygens (including phenoxy) is 3. The molecule has 12 N–H and O–H groups in total. The van der Waals surface area contributed by atoms with E-state index in [4.69, 9.17) is 30.2 Å². The van der Waals surface area contributed by atoms with Gasteiger partial charge in [-0.05, 0) is 11.6 Å². The highest BCUT2D eigenvalue weighted by Gasteiger charge is 2.50. The number of rotatable bonds is 7. The molecule has 2 aliphatic heterocycles. The quantitative estimate of drug-likeness (QED) is 0.157. The molecular formula is C23H34N2O13. The topological polar surface area (TPSA) is 269 Å². The Labute approximate surface area is 216 Å². The predicted octanol–water partition coefficient (Wildman–Crippen LogP) is -4.27. The predicted molar refractivity (Wildman–Crippen MR) is 126 cm³/mol. The third-order valence-electron chi connectivity index (χ3n) is 6.41. The van der Waals surface area contributed by atoms with Crippen LogP contribution in [0.4, 0.5) is 0 Å². The summed E-state index contributed by atoms with van der Waals surface area (Å²) in [7, 11) is 0. The molecule has 1 aromatic heterocycles. The number of carboxylic acids is 1. The lowest BCUT2D eigenvalue weighted by atomic mass is 9.97. The number of aromatic nitrogens is 1. The second-order valence-corrected chi connectivity index (χ2v) is 9.04. The first kappa shape index (κ1) is 30.3. The molecule has 0 amide bonds. The molecule has 15 heteroatoms. The molecule has 15 nitrogen and oxygen atoms in total. The van der Waals surface area contributed by atoms with Gasteiger partial charge in [0.2, 0.25) is 0 Å². The summed E-state index contributed by atoms with van der Waals surface area (Å²) in [6.07, 6.45) is -13.4. The fraction of sp³-hybridized carbons (Fsp3) is 0.609. The molecule has 3 heterocycles. The van der Waals surface area contributed by atoms with Gasteiger partial charge in [-0.3, -0.25) is 4.79 Å². The van der Waals surface area contributed by atoms with Gasteiger partial charge in [-0.15, -0.1) is 0 Å². The van der Waals surface area contributed by atoms with Gasteiger partial charge >= 0.3 is 5.97 Å². The SMILES string of the molecule is NC(Cc1c[nH]c2ccccc12)C(=O)O.OC[C@H]1O[C@@H](O[C@H]2[C@H](O)[C@@H](O)[C@H](O)O[C@@H]2CO)[C@H](O)[C@@H](O)[C@H]1O. The molecule has 2 saturated heterocycles. The maximum Gasteiger partial charge on any atom is 0.320 e. The number of aliphatic hydroxyl groups excluding tert-OH is 8. The van der Waals surface area contributed by atoms with Crippen molar-refractivity contribution in [3.63, 3.8) is 0 Å². The van der Waals surface area contributed by atoms with Crippen LogP contribution in [-0.2, 0) is 25.4 Å². The number of aliphatic hydroxyl groups is 8. The van der Waals surface area contributed by atoms with Crippen molar-refractivity contribution >= 4 is 16.9 Å². The van der Waals surface area contributed by atoms with E-state index in [1.165, 1.54) is 0 Å². The monoisotopic (exact) mass is 546 g/mol. The summed E-state index contributed by atoms with van der Waals surface area (Å²) >= 11 is 0. The molecule has 2 fully saturated rings. The van der Waals surface area contributed by atoms with Crippen LogP contribution in [0.2, 0.25) is 0 Å². The minimum Gasteiger partial charge on any atom is -0.480 e. The summed E-state index contributed by atoms with van der Waals surface area (Å²) in [5.74, 6) is -0.972. The van der Waals surface area contributed by atoms with Crippen LogP contribution in [-0.4, -0.2) is 138 Å². The van der Waals surface area contributed by atoms with Crippen LogP contribution in [0.15, 0.2) is 30.5 Å². The van der Waals surface area contributed by atoms with E-state index in [1.807, 2.05) is 30.5 Å². The van der Waals surface area contributed by atoms with Gasteiger partial charge in [-0.25, -0.2) is 0 Å². The van der Waals surface area contributed by atoms with Crippen molar-refractivity contribution in [2.24, 2.45) is 5.73 Å². The number of H-pyrrole nitrogens is 1. The van der Waals surface area contributed by atoms with Gasteiger partial charge in [0.05, 0.1) is 13.2 Å². The van der Waals surface area contributed by atoms with Gasteiger partial charge in [0.25, 0.3) is 0 Å². The van der Waals surface area contributed by atoms with Crippen LogP contribution in [0.25, 0.3) is 10.9 Å². The number of nitrogens with two attached hydrogens (primary N) is 1. The molecule has 1 aromatic carbocycles. The first-order chi connectivity index (χ1) is 18.0. The average molecular weight is 547 g/mol. The van der Waals surface area contributed by atoms with Gasteiger partial charge in [0.15, 0.2) is 12.6 Å². The average Bonchev–Trinajstić information content (AvgIpc) is 3.31. The largest absolute Gasteiger partial charge is 0.480 e. The van der Waals surface area contributed by atoms with Crippen LogP contribution < -0.4 is 5.73 Å². The van der Waals surface area contributed by atoms with Gasteiger partial charge in [0.1, 0.15) is 54.9 Å². The zero-order valence-corrected chi connectivity index (χ0v) is 20.1. The number of nitrogens with one attached hydrogen (secondary N) is 1. The van der Waals surface area contributed by atoms with Crippen molar-refractivity contribution in [3.05, 3.63) is 36.0 Å². The summed E-state index contributed by atoms with van der Waals surface area (Å²) in [6, 6.07) is 6.91. The molecule has 0 spiro atoms. The van der Waals surface area contributed by atoms with Crippen molar-refractivity contribution in [2.45, 2.75) is 73.9 Å². The zero-order chi connectivity index (χ0) is 28.1. The molecule has 38 heavy (non-hydrogen) atoms.